The molecule has 0 saturated carbocycles. The minimum absolute atomic E-state index is 0.0563. The summed E-state index contributed by atoms with van der Waals surface area (Å²) in [4.78, 5) is 36.4. The molecular weight excluding hydrogens is 493 g/mol. The Balaban J connectivity index is 2.03. The minimum atomic E-state index is -1.26. The van der Waals surface area contributed by atoms with Crippen LogP contribution in [0.4, 0.5) is 8.78 Å². The van der Waals surface area contributed by atoms with E-state index >= 15 is 0 Å². The third kappa shape index (κ3) is 4.85. The average Bonchev–Trinajstić information content (AvgIpc) is 3.06. The first-order valence-electron chi connectivity index (χ1n) is 10.1. The van der Waals surface area contributed by atoms with Crippen molar-refractivity contribution in [1.82, 2.24) is 9.88 Å². The van der Waals surface area contributed by atoms with Crippen LogP contribution < -0.4 is 5.32 Å². The van der Waals surface area contributed by atoms with Gasteiger partial charge in [0.25, 0.3) is 5.91 Å². The van der Waals surface area contributed by atoms with Crippen LogP contribution in [0.1, 0.15) is 35.0 Å². The Morgan fingerprint density at radius 1 is 1.15 bits per heavy atom. The number of hydrogen-bond acceptors (Lipinski definition) is 4. The number of fused-ring (bicyclic) bond motifs is 1. The number of nitrogens with zero attached hydrogens (tertiary/aromatic N) is 1. The van der Waals surface area contributed by atoms with Crippen LogP contribution in [-0.4, -0.2) is 39.1 Å². The zero-order valence-electron chi connectivity index (χ0n) is 18.1. The van der Waals surface area contributed by atoms with E-state index in [0.29, 0.717) is 0 Å². The normalized spacial score (nSPS) is 12.1. The number of aromatic hydroxyl groups is 1. The molecule has 11 heteroatoms. The first kappa shape index (κ1) is 25.5. The summed E-state index contributed by atoms with van der Waals surface area (Å²) in [5.74, 6) is -6.71. The lowest BCUT2D eigenvalue weighted by Gasteiger charge is -2.09. The lowest BCUT2D eigenvalue weighted by molar-refractivity contribution is -0.141. The van der Waals surface area contributed by atoms with Crippen molar-refractivity contribution in [1.29, 1.82) is 0 Å². The molecule has 0 fully saturated rings. The van der Waals surface area contributed by atoms with Gasteiger partial charge in [-0.2, -0.15) is 0 Å². The number of aromatic nitrogens is 1. The van der Waals surface area contributed by atoms with Crippen molar-refractivity contribution in [3.05, 3.63) is 62.8 Å². The Hall–Kier alpha value is -3.17. The molecule has 0 radical (unpaired) electrons. The Kier molecular flexibility index (Phi) is 7.48. The van der Waals surface area contributed by atoms with E-state index in [9.17, 15) is 28.3 Å². The Labute approximate surface area is 202 Å². The lowest BCUT2D eigenvalue weighted by Crippen LogP contribution is -2.31. The van der Waals surface area contributed by atoms with Crippen molar-refractivity contribution in [2.24, 2.45) is 5.92 Å². The number of carboxylic acids is 1. The first-order valence-corrected chi connectivity index (χ1v) is 10.9. The number of nitrogens with one attached hydrogen (secondary N) is 1. The molecule has 3 rings (SSSR count). The molecule has 1 atom stereocenters. The number of phenolic OH excluding ortho intramolecular Hbond substituents is 1. The summed E-state index contributed by atoms with van der Waals surface area (Å²) in [7, 11) is 0. The molecule has 1 amide bonds. The fraction of sp³-hybridized carbons (Fsp3) is 0.261. The largest absolute Gasteiger partial charge is 0.503 e. The summed E-state index contributed by atoms with van der Waals surface area (Å²) in [6.07, 6.45) is -0.218. The highest BCUT2D eigenvalue weighted by molar-refractivity contribution is 6.42. The van der Waals surface area contributed by atoms with Crippen LogP contribution >= 0.6 is 23.2 Å². The predicted molar refractivity (Wildman–Crippen MR) is 123 cm³/mol. The van der Waals surface area contributed by atoms with Gasteiger partial charge < -0.3 is 15.5 Å². The number of phenols is 1. The van der Waals surface area contributed by atoms with Crippen molar-refractivity contribution in [3.8, 4) is 5.75 Å². The highest BCUT2D eigenvalue weighted by Crippen LogP contribution is 2.36. The summed E-state index contributed by atoms with van der Waals surface area (Å²) < 4.78 is 30.2. The highest BCUT2D eigenvalue weighted by Gasteiger charge is 2.26. The van der Waals surface area contributed by atoms with Crippen molar-refractivity contribution in [2.75, 3.05) is 6.54 Å². The van der Waals surface area contributed by atoms with E-state index in [0.717, 1.165) is 10.6 Å². The molecule has 3 N–H and O–H groups in total. The van der Waals surface area contributed by atoms with Crippen LogP contribution in [0.5, 0.6) is 5.75 Å². The highest BCUT2D eigenvalue weighted by atomic mass is 35.5. The number of aryl methyl sites for hydroxylation is 1. The van der Waals surface area contributed by atoms with Gasteiger partial charge in [-0.3, -0.25) is 19.0 Å². The van der Waals surface area contributed by atoms with Gasteiger partial charge in [0.2, 0.25) is 5.91 Å². The molecule has 0 unspecified atom stereocenters. The van der Waals surface area contributed by atoms with E-state index in [2.05, 4.69) is 5.32 Å². The maximum Gasteiger partial charge on any atom is 0.308 e. The number of hydrogen-bond donors (Lipinski definition) is 3. The summed E-state index contributed by atoms with van der Waals surface area (Å²) in [5.41, 5.74) is 0.436. The fourth-order valence-electron chi connectivity index (χ4n) is 3.56. The summed E-state index contributed by atoms with van der Waals surface area (Å²) in [6.45, 7) is 2.84. The molecule has 0 aliphatic heterocycles. The molecule has 0 aliphatic rings. The Morgan fingerprint density at radius 3 is 2.44 bits per heavy atom. The van der Waals surface area contributed by atoms with Gasteiger partial charge in [-0.15, -0.1) is 0 Å². The van der Waals surface area contributed by atoms with E-state index in [4.69, 9.17) is 28.3 Å². The first-order chi connectivity index (χ1) is 15.9. The third-order valence-electron chi connectivity index (χ3n) is 5.49. The molecule has 1 aromatic heterocycles. The van der Waals surface area contributed by atoms with Gasteiger partial charge in [0.05, 0.1) is 21.5 Å². The van der Waals surface area contributed by atoms with E-state index in [1.54, 1.807) is 0 Å². The average molecular weight is 513 g/mol. The van der Waals surface area contributed by atoms with E-state index in [-0.39, 0.29) is 57.2 Å². The van der Waals surface area contributed by atoms with Crippen molar-refractivity contribution in [2.45, 2.75) is 26.7 Å². The Bertz CT molecular complexity index is 1320. The lowest BCUT2D eigenvalue weighted by atomic mass is 10.0. The minimum Gasteiger partial charge on any atom is -0.503 e. The van der Waals surface area contributed by atoms with Crippen molar-refractivity contribution < 1.29 is 33.4 Å². The molecule has 0 aliphatic carbocycles. The maximum absolute atomic E-state index is 14.9. The predicted octanol–water partition coefficient (Wildman–Crippen LogP) is 4.70. The zero-order chi connectivity index (χ0) is 25.3. The second-order valence-electron chi connectivity index (χ2n) is 7.79. The van der Waals surface area contributed by atoms with Crippen molar-refractivity contribution >= 4 is 51.9 Å². The van der Waals surface area contributed by atoms with Gasteiger partial charge in [0, 0.05) is 35.7 Å². The molecule has 180 valence electrons. The molecule has 0 saturated heterocycles. The van der Waals surface area contributed by atoms with Crippen molar-refractivity contribution in [3.63, 3.8) is 0 Å². The third-order valence-corrected chi connectivity index (χ3v) is 6.23. The number of amides is 1. The van der Waals surface area contributed by atoms with Gasteiger partial charge in [0.15, 0.2) is 17.4 Å². The molecule has 0 spiro atoms. The van der Waals surface area contributed by atoms with Crippen LogP contribution in [0, 0.1) is 24.5 Å². The second-order valence-corrected chi connectivity index (χ2v) is 8.61. The molecular formula is C23H20Cl2F2N2O5. The Morgan fingerprint density at radius 2 is 1.82 bits per heavy atom. The van der Waals surface area contributed by atoms with Crippen LogP contribution in [0.15, 0.2) is 24.3 Å². The van der Waals surface area contributed by atoms with Gasteiger partial charge in [-0.1, -0.05) is 30.1 Å². The molecule has 7 nitrogen and oxygen atoms in total. The monoisotopic (exact) mass is 512 g/mol. The molecule has 34 heavy (non-hydrogen) atoms. The molecule has 0 bridgehead atoms. The smallest absolute Gasteiger partial charge is 0.308 e. The topological polar surface area (TPSA) is 109 Å². The summed E-state index contributed by atoms with van der Waals surface area (Å²) in [6, 6.07) is 4.98. The SMILES string of the molecule is Cc1c(CCC(=O)NC[C@H](C)C(=O)O)c2c(F)c(O)c(F)cc2n1C(=O)c1ccc(Cl)c(Cl)c1. The van der Waals surface area contributed by atoms with Crippen LogP contribution in [0.3, 0.4) is 0 Å². The van der Waals surface area contributed by atoms with Gasteiger partial charge in [-0.05, 0) is 37.1 Å². The maximum atomic E-state index is 14.9. The van der Waals surface area contributed by atoms with Crippen LogP contribution in [0.25, 0.3) is 10.9 Å². The van der Waals surface area contributed by atoms with Crippen LogP contribution in [0.2, 0.25) is 10.0 Å². The fourth-order valence-corrected chi connectivity index (χ4v) is 3.86. The number of carbonyl (C=O) groups is 3. The number of benzene rings is 2. The number of rotatable bonds is 7. The number of halogens is 4. The second kappa shape index (κ2) is 9.99. The molecule has 1 heterocycles. The zero-order valence-corrected chi connectivity index (χ0v) is 19.6. The standard InChI is InChI=1S/C23H20Cl2F2N2O5/c1-10(23(33)34)9-28-18(30)6-4-13-11(2)29(17-8-16(26)21(31)20(27)19(13)17)22(32)12-3-5-14(24)15(25)7-12/h3,5,7-8,10,31H,4,6,9H2,1-2H3,(H,28,30)(H,33,34)/t10-/m0/s1. The number of carbonyl (C=O) groups excluding carboxylic acids is 2. The molecule has 2 aromatic carbocycles. The van der Waals surface area contributed by atoms with E-state index < -0.39 is 41.1 Å². The molecule has 3 aromatic rings. The van der Waals surface area contributed by atoms with Crippen LogP contribution in [-0.2, 0) is 16.0 Å². The van der Waals surface area contributed by atoms with E-state index in [1.807, 2.05) is 0 Å². The quantitative estimate of drug-likeness (QED) is 0.425. The summed E-state index contributed by atoms with van der Waals surface area (Å²) >= 11 is 11.9. The number of aliphatic carboxylic acids is 1. The van der Waals surface area contributed by atoms with Gasteiger partial charge in [0.1, 0.15) is 0 Å². The summed E-state index contributed by atoms with van der Waals surface area (Å²) in [5, 5.41) is 21.4. The number of carboxylic acid groups (broad SMARTS) is 1. The van der Waals surface area contributed by atoms with Gasteiger partial charge in [-0.25, -0.2) is 8.78 Å². The van der Waals surface area contributed by atoms with E-state index in [1.165, 1.54) is 32.0 Å². The van der Waals surface area contributed by atoms with Gasteiger partial charge >= 0.3 is 5.97 Å².